The van der Waals surface area contributed by atoms with Crippen molar-refractivity contribution in [2.24, 2.45) is 0 Å². The molecule has 3 rings (SSSR count). The molecule has 0 unspecified atom stereocenters. The first-order valence-electron chi connectivity index (χ1n) is 8.48. The number of nitrogens with zero attached hydrogens (tertiary/aromatic N) is 1. The topological polar surface area (TPSA) is 113 Å². The summed E-state index contributed by atoms with van der Waals surface area (Å²) < 4.78 is 30.4. The van der Waals surface area contributed by atoms with E-state index in [1.54, 1.807) is 36.4 Å². The van der Waals surface area contributed by atoms with E-state index in [0.29, 0.717) is 5.56 Å². The minimum Gasteiger partial charge on any atom is -0.481 e. The Morgan fingerprint density at radius 3 is 2.57 bits per heavy atom. The highest BCUT2D eigenvalue weighted by atomic mass is 32.2. The van der Waals surface area contributed by atoms with Crippen molar-refractivity contribution in [1.82, 2.24) is 9.84 Å². The molecule has 8 nitrogen and oxygen atoms in total. The van der Waals surface area contributed by atoms with Crippen LogP contribution in [0.1, 0.15) is 11.1 Å². The van der Waals surface area contributed by atoms with Gasteiger partial charge in [0, 0.05) is 5.56 Å². The molecule has 1 fully saturated rings. The third kappa shape index (κ3) is 5.05. The molecule has 1 aliphatic rings. The van der Waals surface area contributed by atoms with E-state index in [0.717, 1.165) is 22.3 Å². The summed E-state index contributed by atoms with van der Waals surface area (Å²) in [5.41, 5.74) is 1.35. The Labute approximate surface area is 182 Å². The van der Waals surface area contributed by atoms with Crippen LogP contribution in [0.2, 0.25) is 0 Å². The van der Waals surface area contributed by atoms with Crippen LogP contribution in [-0.4, -0.2) is 41.3 Å². The Hall–Kier alpha value is -2.73. The summed E-state index contributed by atoms with van der Waals surface area (Å²) in [6.45, 7) is 1.29. The molecule has 1 heterocycles. The molecule has 30 heavy (non-hydrogen) atoms. The molecule has 0 radical (unpaired) electrons. The molecule has 1 aliphatic heterocycles. The van der Waals surface area contributed by atoms with Crippen molar-refractivity contribution in [2.45, 2.75) is 11.8 Å². The molecule has 0 saturated carbocycles. The Bertz CT molecular complexity index is 1140. The number of thioether (sulfide) groups is 1. The number of nitrogens with one attached hydrogen (secondary N) is 1. The van der Waals surface area contributed by atoms with E-state index in [4.69, 9.17) is 22.1 Å². The predicted octanol–water partition coefficient (Wildman–Crippen LogP) is 2.55. The fourth-order valence-corrected chi connectivity index (χ4v) is 4.75. The summed E-state index contributed by atoms with van der Waals surface area (Å²) in [6, 6.07) is 12.7. The summed E-state index contributed by atoms with van der Waals surface area (Å²) in [6.07, 6.45) is 1.47. The second-order valence-electron chi connectivity index (χ2n) is 6.15. The molecule has 0 aliphatic carbocycles. The zero-order valence-electron chi connectivity index (χ0n) is 15.6. The molecule has 1 saturated heterocycles. The van der Waals surface area contributed by atoms with E-state index in [1.807, 2.05) is 6.92 Å². The zero-order valence-corrected chi connectivity index (χ0v) is 18.0. The van der Waals surface area contributed by atoms with E-state index < -0.39 is 28.5 Å². The van der Waals surface area contributed by atoms with Gasteiger partial charge >= 0.3 is 5.97 Å². The summed E-state index contributed by atoms with van der Waals surface area (Å²) in [5, 5.41) is 9.58. The minimum absolute atomic E-state index is 0.00135. The fourth-order valence-electron chi connectivity index (χ4n) is 2.45. The highest BCUT2D eigenvalue weighted by Gasteiger charge is 2.35. The second-order valence-corrected chi connectivity index (χ2v) is 9.48. The molecule has 156 valence electrons. The van der Waals surface area contributed by atoms with Crippen molar-refractivity contribution in [1.29, 1.82) is 0 Å². The first-order chi connectivity index (χ1) is 14.2. The number of carboxylic acids is 1. The number of amides is 1. The predicted molar refractivity (Wildman–Crippen MR) is 116 cm³/mol. The van der Waals surface area contributed by atoms with Gasteiger partial charge in [-0.3, -0.25) is 4.79 Å². The Morgan fingerprint density at radius 1 is 1.23 bits per heavy atom. The number of rotatable bonds is 7. The molecule has 2 aromatic carbocycles. The largest absolute Gasteiger partial charge is 0.481 e. The number of carboxylic acid groups (broad SMARTS) is 1. The maximum Gasteiger partial charge on any atom is 0.341 e. The average molecular weight is 465 g/mol. The van der Waals surface area contributed by atoms with Gasteiger partial charge in [0.15, 0.2) is 10.9 Å². The number of hydrogen-bond donors (Lipinski definition) is 2. The quantitative estimate of drug-likeness (QED) is 0.475. The number of carbonyl (C=O) groups is 2. The lowest BCUT2D eigenvalue weighted by atomic mass is 10.2. The summed E-state index contributed by atoms with van der Waals surface area (Å²) >= 11 is 6.08. The number of sulfonamides is 1. The second kappa shape index (κ2) is 8.96. The highest BCUT2D eigenvalue weighted by molar-refractivity contribution is 8.26. The van der Waals surface area contributed by atoms with Gasteiger partial charge in [-0.05, 0) is 31.2 Å². The molecular weight excluding hydrogens is 448 g/mol. The van der Waals surface area contributed by atoms with Crippen molar-refractivity contribution in [3.05, 3.63) is 64.6 Å². The Morgan fingerprint density at radius 2 is 1.90 bits per heavy atom. The number of para-hydroxylation sites is 1. The number of aliphatic carboxylic acids is 1. The third-order valence-electron chi connectivity index (χ3n) is 3.89. The molecule has 0 aromatic heterocycles. The summed E-state index contributed by atoms with van der Waals surface area (Å²) in [4.78, 5) is 25.9. The van der Waals surface area contributed by atoms with Crippen molar-refractivity contribution in [3.8, 4) is 5.75 Å². The first-order valence-corrected chi connectivity index (χ1v) is 11.2. The van der Waals surface area contributed by atoms with Gasteiger partial charge < -0.3 is 9.84 Å². The number of aryl methyl sites for hydroxylation is 1. The summed E-state index contributed by atoms with van der Waals surface area (Å²) in [7, 11) is -4.01. The first kappa shape index (κ1) is 22.0. The van der Waals surface area contributed by atoms with E-state index in [1.165, 1.54) is 18.2 Å². The van der Waals surface area contributed by atoms with Crippen LogP contribution in [0.4, 0.5) is 0 Å². The van der Waals surface area contributed by atoms with E-state index >= 15 is 0 Å². The van der Waals surface area contributed by atoms with E-state index in [9.17, 15) is 18.0 Å². The standard InChI is InChI=1S/C19H16N2O6S3/c1-12-6-8-14(9-7-12)30(25,26)20-21-18(24)16(29-19(21)28)10-13-4-2-3-5-15(13)27-11-17(22)23/h2-10,20H,11H2,1H3,(H,22,23)/b16-10+. The summed E-state index contributed by atoms with van der Waals surface area (Å²) in [5.74, 6) is -1.51. The molecule has 11 heteroatoms. The lowest BCUT2D eigenvalue weighted by molar-refractivity contribution is -0.139. The van der Waals surface area contributed by atoms with Gasteiger partial charge in [0.05, 0.1) is 9.80 Å². The number of benzene rings is 2. The van der Waals surface area contributed by atoms with Crippen LogP contribution in [0.3, 0.4) is 0 Å². The molecule has 1 amide bonds. The normalized spacial score (nSPS) is 15.6. The number of carbonyl (C=O) groups excluding carboxylic acids is 1. The number of hydrazine groups is 1. The van der Waals surface area contributed by atoms with Gasteiger partial charge in [0.2, 0.25) is 0 Å². The molecule has 2 aromatic rings. The molecule has 0 bridgehead atoms. The van der Waals surface area contributed by atoms with Gasteiger partial charge in [-0.1, -0.05) is 59.9 Å². The lowest BCUT2D eigenvalue weighted by Gasteiger charge is -2.16. The van der Waals surface area contributed by atoms with E-state index in [2.05, 4.69) is 4.83 Å². The maximum atomic E-state index is 12.7. The van der Waals surface area contributed by atoms with Gasteiger partial charge in [-0.15, -0.1) is 4.83 Å². The zero-order chi connectivity index (χ0) is 21.9. The number of hydrogen-bond acceptors (Lipinski definition) is 7. The van der Waals surface area contributed by atoms with Crippen LogP contribution in [0.15, 0.2) is 58.3 Å². The van der Waals surface area contributed by atoms with Crippen LogP contribution < -0.4 is 9.57 Å². The third-order valence-corrected chi connectivity index (χ3v) is 6.51. The Kier molecular flexibility index (Phi) is 6.56. The lowest BCUT2D eigenvalue weighted by Crippen LogP contribution is -2.44. The molecular formula is C19H16N2O6S3. The van der Waals surface area contributed by atoms with Crippen LogP contribution in [0, 0.1) is 6.92 Å². The fraction of sp³-hybridized carbons (Fsp3) is 0.105. The molecule has 0 spiro atoms. The van der Waals surface area contributed by atoms with Crippen LogP contribution in [0.25, 0.3) is 6.08 Å². The van der Waals surface area contributed by atoms with Crippen LogP contribution in [0.5, 0.6) is 5.75 Å². The smallest absolute Gasteiger partial charge is 0.341 e. The SMILES string of the molecule is Cc1ccc(S(=O)(=O)NN2C(=O)/C(=C\c3ccccc3OCC(=O)O)SC2=S)cc1. The van der Waals surface area contributed by atoms with Gasteiger partial charge in [-0.2, -0.15) is 0 Å². The monoisotopic (exact) mass is 464 g/mol. The molecule has 2 N–H and O–H groups in total. The highest BCUT2D eigenvalue weighted by Crippen LogP contribution is 2.33. The maximum absolute atomic E-state index is 12.7. The van der Waals surface area contributed by atoms with Crippen molar-refractivity contribution in [2.75, 3.05) is 6.61 Å². The molecule has 0 atom stereocenters. The van der Waals surface area contributed by atoms with Crippen molar-refractivity contribution < 1.29 is 27.9 Å². The number of ether oxygens (including phenoxy) is 1. The average Bonchev–Trinajstić information content (AvgIpc) is 2.94. The van der Waals surface area contributed by atoms with Crippen LogP contribution in [-0.2, 0) is 19.6 Å². The van der Waals surface area contributed by atoms with Crippen molar-refractivity contribution >= 4 is 56.3 Å². The number of thiocarbonyl (C=S) groups is 1. The minimum atomic E-state index is -4.01. The van der Waals surface area contributed by atoms with E-state index in [-0.39, 0.29) is 19.9 Å². The van der Waals surface area contributed by atoms with Gasteiger partial charge in [0.25, 0.3) is 15.9 Å². The van der Waals surface area contributed by atoms with Crippen molar-refractivity contribution in [3.63, 3.8) is 0 Å². The van der Waals surface area contributed by atoms with Gasteiger partial charge in [0.1, 0.15) is 5.75 Å². The van der Waals surface area contributed by atoms with Crippen LogP contribution >= 0.6 is 24.0 Å². The Balaban J connectivity index is 1.83. The van der Waals surface area contributed by atoms with Gasteiger partial charge in [-0.25, -0.2) is 18.2 Å².